The fourth-order valence-corrected chi connectivity index (χ4v) is 3.69. The van der Waals surface area contributed by atoms with Gasteiger partial charge in [0, 0.05) is 17.6 Å². The second-order valence-corrected chi connectivity index (χ2v) is 9.57. The highest BCUT2D eigenvalue weighted by molar-refractivity contribution is 9.10. The van der Waals surface area contributed by atoms with Gasteiger partial charge in [-0.1, -0.05) is 50.6 Å². The van der Waals surface area contributed by atoms with E-state index in [9.17, 15) is 9.59 Å². The minimum atomic E-state index is -0.650. The van der Waals surface area contributed by atoms with E-state index in [0.717, 1.165) is 16.5 Å². The van der Waals surface area contributed by atoms with Crippen molar-refractivity contribution in [1.82, 2.24) is 10.2 Å². The van der Waals surface area contributed by atoms with Gasteiger partial charge in [-0.15, -0.1) is 0 Å². The molecule has 2 amide bonds. The standard InChI is InChI=1S/C25H32BrClN2O3/c1-6-17(4)28-25(31)18(5)29(14-19-7-10-21(27)11-8-19)24(30)15-32-23-12-9-20(16(2)3)13-22(23)26/h7-13,16-18H,6,14-15H2,1-5H3,(H,28,31)/t17-,18+/m1/s1. The van der Waals surface area contributed by atoms with Crippen molar-refractivity contribution in [2.24, 2.45) is 0 Å². The molecule has 7 heteroatoms. The van der Waals surface area contributed by atoms with Crippen molar-refractivity contribution in [2.45, 2.75) is 65.6 Å². The number of halogens is 2. The van der Waals surface area contributed by atoms with Crippen LogP contribution in [0.3, 0.4) is 0 Å². The first-order valence-corrected chi connectivity index (χ1v) is 12.1. The molecule has 0 heterocycles. The smallest absolute Gasteiger partial charge is 0.261 e. The van der Waals surface area contributed by atoms with E-state index in [1.807, 2.05) is 44.2 Å². The summed E-state index contributed by atoms with van der Waals surface area (Å²) < 4.78 is 6.61. The van der Waals surface area contributed by atoms with Crippen LogP contribution in [-0.2, 0) is 16.1 Å². The molecule has 0 bridgehead atoms. The Morgan fingerprint density at radius 1 is 1.09 bits per heavy atom. The van der Waals surface area contributed by atoms with Gasteiger partial charge in [-0.2, -0.15) is 0 Å². The quantitative estimate of drug-likeness (QED) is 0.419. The second-order valence-electron chi connectivity index (χ2n) is 8.28. The SMILES string of the molecule is CC[C@@H](C)NC(=O)[C@H](C)N(Cc1ccc(Cl)cc1)C(=O)COc1ccc(C(C)C)cc1Br. The van der Waals surface area contributed by atoms with Crippen molar-refractivity contribution in [2.75, 3.05) is 6.61 Å². The first-order valence-electron chi connectivity index (χ1n) is 10.9. The van der Waals surface area contributed by atoms with Crippen molar-refractivity contribution < 1.29 is 14.3 Å². The number of nitrogens with zero attached hydrogens (tertiary/aromatic N) is 1. The summed E-state index contributed by atoms with van der Waals surface area (Å²) >= 11 is 9.51. The van der Waals surface area contributed by atoms with Gasteiger partial charge in [0.25, 0.3) is 5.91 Å². The van der Waals surface area contributed by atoms with Crippen molar-refractivity contribution >= 4 is 39.3 Å². The maximum atomic E-state index is 13.2. The minimum absolute atomic E-state index is 0.0316. The molecule has 0 saturated heterocycles. The molecule has 1 N–H and O–H groups in total. The Hall–Kier alpha value is -2.05. The summed E-state index contributed by atoms with van der Waals surface area (Å²) in [6.07, 6.45) is 0.813. The number of nitrogens with one attached hydrogen (secondary N) is 1. The summed E-state index contributed by atoms with van der Waals surface area (Å²) in [6.45, 7) is 10.0. The Bertz CT molecular complexity index is 918. The Morgan fingerprint density at radius 2 is 1.75 bits per heavy atom. The number of ether oxygens (including phenoxy) is 1. The number of hydrogen-bond acceptors (Lipinski definition) is 3. The van der Waals surface area contributed by atoms with E-state index >= 15 is 0 Å². The lowest BCUT2D eigenvalue weighted by atomic mass is 10.0. The average molecular weight is 524 g/mol. The van der Waals surface area contributed by atoms with Crippen LogP contribution in [0.4, 0.5) is 0 Å². The molecule has 0 aliphatic carbocycles. The van der Waals surface area contributed by atoms with E-state index in [1.54, 1.807) is 19.1 Å². The Labute approximate surface area is 204 Å². The van der Waals surface area contributed by atoms with Gasteiger partial charge in [-0.3, -0.25) is 9.59 Å². The maximum Gasteiger partial charge on any atom is 0.261 e. The second kappa shape index (κ2) is 12.3. The molecule has 0 aromatic heterocycles. The lowest BCUT2D eigenvalue weighted by Crippen LogP contribution is -2.50. The van der Waals surface area contributed by atoms with Gasteiger partial charge in [-0.05, 0) is 77.5 Å². The third-order valence-corrected chi connectivity index (χ3v) is 6.28. The fraction of sp³-hybridized carbons (Fsp3) is 0.440. The van der Waals surface area contributed by atoms with E-state index in [-0.39, 0.29) is 31.0 Å². The lowest BCUT2D eigenvalue weighted by Gasteiger charge is -2.29. The molecule has 0 fully saturated rings. The number of benzene rings is 2. The monoisotopic (exact) mass is 522 g/mol. The van der Waals surface area contributed by atoms with E-state index in [0.29, 0.717) is 16.7 Å². The van der Waals surface area contributed by atoms with E-state index in [2.05, 4.69) is 35.1 Å². The van der Waals surface area contributed by atoms with E-state index in [1.165, 1.54) is 10.5 Å². The molecule has 0 aliphatic rings. The molecule has 0 radical (unpaired) electrons. The topological polar surface area (TPSA) is 58.6 Å². The molecule has 0 aliphatic heterocycles. The van der Waals surface area contributed by atoms with Crippen LogP contribution in [0.25, 0.3) is 0 Å². The summed E-state index contributed by atoms with van der Waals surface area (Å²) in [5.74, 6) is 0.517. The van der Waals surface area contributed by atoms with Crippen LogP contribution >= 0.6 is 27.5 Å². The van der Waals surface area contributed by atoms with Crippen LogP contribution in [0.2, 0.25) is 5.02 Å². The largest absolute Gasteiger partial charge is 0.483 e. The average Bonchev–Trinajstić information content (AvgIpc) is 2.76. The van der Waals surface area contributed by atoms with Gasteiger partial charge in [0.2, 0.25) is 5.91 Å². The third-order valence-electron chi connectivity index (χ3n) is 5.41. The predicted molar refractivity (Wildman–Crippen MR) is 133 cm³/mol. The summed E-state index contributed by atoms with van der Waals surface area (Å²) in [5, 5.41) is 3.57. The van der Waals surface area contributed by atoms with Gasteiger partial charge in [0.15, 0.2) is 6.61 Å². The predicted octanol–water partition coefficient (Wildman–Crippen LogP) is 5.94. The first-order chi connectivity index (χ1) is 15.1. The molecular weight excluding hydrogens is 492 g/mol. The van der Waals surface area contributed by atoms with Gasteiger partial charge < -0.3 is 15.0 Å². The molecule has 2 aromatic carbocycles. The van der Waals surface area contributed by atoms with Crippen molar-refractivity contribution in [3.63, 3.8) is 0 Å². The zero-order chi connectivity index (χ0) is 23.8. The van der Waals surface area contributed by atoms with Gasteiger partial charge in [-0.25, -0.2) is 0 Å². The van der Waals surface area contributed by atoms with Crippen LogP contribution in [0.5, 0.6) is 5.75 Å². The van der Waals surface area contributed by atoms with Crippen molar-refractivity contribution in [1.29, 1.82) is 0 Å². The highest BCUT2D eigenvalue weighted by Crippen LogP contribution is 2.29. The Kier molecular flexibility index (Phi) is 10.0. The van der Waals surface area contributed by atoms with Crippen LogP contribution in [-0.4, -0.2) is 35.4 Å². The maximum absolute atomic E-state index is 13.2. The van der Waals surface area contributed by atoms with Crippen molar-refractivity contribution in [3.05, 3.63) is 63.1 Å². The zero-order valence-electron chi connectivity index (χ0n) is 19.3. The first kappa shape index (κ1) is 26.2. The molecule has 2 rings (SSSR count). The number of carbonyl (C=O) groups excluding carboxylic acids is 2. The summed E-state index contributed by atoms with van der Waals surface area (Å²) in [5.41, 5.74) is 2.06. The number of rotatable bonds is 10. The van der Waals surface area contributed by atoms with Crippen LogP contribution < -0.4 is 10.1 Å². The van der Waals surface area contributed by atoms with Crippen molar-refractivity contribution in [3.8, 4) is 5.75 Å². The molecule has 0 unspecified atom stereocenters. The van der Waals surface area contributed by atoms with E-state index < -0.39 is 6.04 Å². The highest BCUT2D eigenvalue weighted by atomic mass is 79.9. The molecule has 174 valence electrons. The van der Waals surface area contributed by atoms with Crippen LogP contribution in [0.1, 0.15) is 58.1 Å². The molecule has 0 saturated carbocycles. The van der Waals surface area contributed by atoms with Gasteiger partial charge in [0.1, 0.15) is 11.8 Å². The number of carbonyl (C=O) groups is 2. The van der Waals surface area contributed by atoms with Crippen LogP contribution in [0.15, 0.2) is 46.9 Å². The molecule has 2 aromatic rings. The normalized spacial score (nSPS) is 12.9. The molecule has 5 nitrogen and oxygen atoms in total. The minimum Gasteiger partial charge on any atom is -0.483 e. The lowest BCUT2D eigenvalue weighted by molar-refractivity contribution is -0.142. The number of hydrogen-bond donors (Lipinski definition) is 1. The summed E-state index contributed by atoms with van der Waals surface area (Å²) in [6, 6.07) is 12.5. The van der Waals surface area contributed by atoms with Crippen LogP contribution in [0, 0.1) is 0 Å². The molecular formula is C25H32BrClN2O3. The highest BCUT2D eigenvalue weighted by Gasteiger charge is 2.27. The third kappa shape index (κ3) is 7.52. The molecule has 32 heavy (non-hydrogen) atoms. The van der Waals surface area contributed by atoms with Gasteiger partial charge in [0.05, 0.1) is 4.47 Å². The Balaban J connectivity index is 2.17. The Morgan fingerprint density at radius 3 is 2.31 bits per heavy atom. The van der Waals surface area contributed by atoms with Gasteiger partial charge >= 0.3 is 0 Å². The van der Waals surface area contributed by atoms with E-state index in [4.69, 9.17) is 16.3 Å². The number of amides is 2. The fourth-order valence-electron chi connectivity index (χ4n) is 3.05. The zero-order valence-corrected chi connectivity index (χ0v) is 21.7. The molecule has 2 atom stereocenters. The summed E-state index contributed by atoms with van der Waals surface area (Å²) in [4.78, 5) is 27.5. The summed E-state index contributed by atoms with van der Waals surface area (Å²) in [7, 11) is 0. The molecule has 0 spiro atoms.